The molecule has 0 saturated heterocycles. The van der Waals surface area contributed by atoms with Gasteiger partial charge >= 0.3 is 0 Å². The van der Waals surface area contributed by atoms with Crippen molar-refractivity contribution in [2.75, 3.05) is 0 Å². The average Bonchev–Trinajstić information content (AvgIpc) is 2.00. The molecule has 2 N–H and O–H groups in total. The quantitative estimate of drug-likeness (QED) is 0.581. The van der Waals surface area contributed by atoms with Gasteiger partial charge in [0.25, 0.3) is 0 Å². The molecule has 0 saturated carbocycles. The van der Waals surface area contributed by atoms with Crippen molar-refractivity contribution in [2.24, 2.45) is 5.73 Å². The van der Waals surface area contributed by atoms with Gasteiger partial charge in [0.1, 0.15) is 0 Å². The summed E-state index contributed by atoms with van der Waals surface area (Å²) in [4.78, 5) is 0. The summed E-state index contributed by atoms with van der Waals surface area (Å²) in [6.07, 6.45) is 3.70. The molecule has 0 aliphatic rings. The van der Waals surface area contributed by atoms with Crippen LogP contribution in [0.15, 0.2) is 35.6 Å². The number of rotatable bonds is 2. The van der Waals surface area contributed by atoms with Crippen molar-refractivity contribution < 1.29 is 0 Å². The molecule has 0 aliphatic heterocycles. The third-order valence-corrected chi connectivity index (χ3v) is 1.68. The van der Waals surface area contributed by atoms with Gasteiger partial charge in [0.15, 0.2) is 0 Å². The molecule has 0 spiro atoms. The number of hydrogen-bond acceptors (Lipinski definition) is 1. The molecule has 0 atom stereocenters. The lowest BCUT2D eigenvalue weighted by Gasteiger charge is -2.02. The van der Waals surface area contributed by atoms with Crippen LogP contribution in [-0.2, 0) is 0 Å². The minimum atomic E-state index is 0.760. The SMILES string of the molecule is C=C/C(N)=C(C)\C(C)=C/C. The van der Waals surface area contributed by atoms with Gasteiger partial charge in [-0.15, -0.1) is 0 Å². The van der Waals surface area contributed by atoms with Crippen LogP contribution in [0.2, 0.25) is 0 Å². The van der Waals surface area contributed by atoms with Gasteiger partial charge in [0.05, 0.1) is 0 Å². The van der Waals surface area contributed by atoms with Gasteiger partial charge in [-0.05, 0) is 32.4 Å². The van der Waals surface area contributed by atoms with Crippen molar-refractivity contribution in [1.29, 1.82) is 0 Å². The third-order valence-electron chi connectivity index (χ3n) is 1.68. The fourth-order valence-electron chi connectivity index (χ4n) is 0.597. The van der Waals surface area contributed by atoms with Crippen LogP contribution in [0.25, 0.3) is 0 Å². The first-order valence-corrected chi connectivity index (χ1v) is 3.35. The summed E-state index contributed by atoms with van der Waals surface area (Å²) in [5, 5.41) is 0. The molecule has 0 aromatic carbocycles. The molecule has 0 fully saturated rings. The van der Waals surface area contributed by atoms with Crippen molar-refractivity contribution in [3.05, 3.63) is 35.6 Å². The van der Waals surface area contributed by atoms with Crippen LogP contribution in [0.3, 0.4) is 0 Å². The van der Waals surface area contributed by atoms with E-state index in [9.17, 15) is 0 Å². The lowest BCUT2D eigenvalue weighted by molar-refractivity contribution is 1.24. The Hall–Kier alpha value is -0.980. The van der Waals surface area contributed by atoms with Gasteiger partial charge in [-0.25, -0.2) is 0 Å². The molecule has 0 heterocycles. The summed E-state index contributed by atoms with van der Waals surface area (Å²) >= 11 is 0. The molecule has 0 amide bonds. The largest absolute Gasteiger partial charge is 0.399 e. The highest BCUT2D eigenvalue weighted by molar-refractivity contribution is 5.34. The molecule has 0 aromatic heterocycles. The lowest BCUT2D eigenvalue weighted by atomic mass is 10.1. The molecule has 56 valence electrons. The standard InChI is InChI=1S/C9H15N/c1-5-7(3)8(4)9(10)6-2/h5-6H,2,10H2,1,3-4H3/b7-5-,9-8+. The molecule has 0 aliphatic carbocycles. The van der Waals surface area contributed by atoms with E-state index in [1.807, 2.05) is 26.8 Å². The molecular weight excluding hydrogens is 122 g/mol. The van der Waals surface area contributed by atoms with Crippen LogP contribution in [0.5, 0.6) is 0 Å². The zero-order chi connectivity index (χ0) is 8.15. The zero-order valence-electron chi connectivity index (χ0n) is 6.94. The maximum atomic E-state index is 5.61. The fourth-order valence-corrected chi connectivity index (χ4v) is 0.597. The minimum absolute atomic E-state index is 0.760. The van der Waals surface area contributed by atoms with Crippen LogP contribution in [0, 0.1) is 0 Å². The second-order valence-electron chi connectivity index (χ2n) is 2.26. The Morgan fingerprint density at radius 1 is 1.40 bits per heavy atom. The predicted molar refractivity (Wildman–Crippen MR) is 46.5 cm³/mol. The summed E-state index contributed by atoms with van der Waals surface area (Å²) in [5.74, 6) is 0. The Balaban J connectivity index is 4.63. The van der Waals surface area contributed by atoms with E-state index < -0.39 is 0 Å². The lowest BCUT2D eigenvalue weighted by Crippen LogP contribution is -1.97. The van der Waals surface area contributed by atoms with Crippen molar-refractivity contribution in [1.82, 2.24) is 0 Å². The van der Waals surface area contributed by atoms with E-state index in [0.717, 1.165) is 11.3 Å². The maximum Gasteiger partial charge on any atom is 0.0340 e. The fraction of sp³-hybridized carbons (Fsp3) is 0.333. The van der Waals surface area contributed by atoms with E-state index in [-0.39, 0.29) is 0 Å². The number of nitrogens with two attached hydrogens (primary N) is 1. The molecule has 1 nitrogen and oxygen atoms in total. The van der Waals surface area contributed by atoms with E-state index in [4.69, 9.17) is 5.73 Å². The number of hydrogen-bond donors (Lipinski definition) is 1. The summed E-state index contributed by atoms with van der Waals surface area (Å²) in [6, 6.07) is 0. The predicted octanol–water partition coefficient (Wildman–Crippen LogP) is 2.37. The van der Waals surface area contributed by atoms with Crippen LogP contribution in [0.1, 0.15) is 20.8 Å². The van der Waals surface area contributed by atoms with E-state index in [1.165, 1.54) is 5.57 Å². The molecule has 0 radical (unpaired) electrons. The first kappa shape index (κ1) is 9.02. The van der Waals surface area contributed by atoms with E-state index >= 15 is 0 Å². The number of allylic oxidation sites excluding steroid dienone is 4. The molecule has 0 unspecified atom stereocenters. The Morgan fingerprint density at radius 3 is 2.20 bits per heavy atom. The van der Waals surface area contributed by atoms with E-state index in [2.05, 4.69) is 6.58 Å². The Kier molecular flexibility index (Phi) is 3.55. The molecule has 0 rings (SSSR count). The minimum Gasteiger partial charge on any atom is -0.399 e. The van der Waals surface area contributed by atoms with Crippen LogP contribution in [-0.4, -0.2) is 0 Å². The summed E-state index contributed by atoms with van der Waals surface area (Å²) in [6.45, 7) is 9.61. The molecule has 0 aromatic rings. The smallest absolute Gasteiger partial charge is 0.0340 e. The average molecular weight is 137 g/mol. The van der Waals surface area contributed by atoms with Gasteiger partial charge in [0.2, 0.25) is 0 Å². The zero-order valence-corrected chi connectivity index (χ0v) is 6.94. The highest BCUT2D eigenvalue weighted by Gasteiger charge is 1.93. The third kappa shape index (κ3) is 2.09. The van der Waals surface area contributed by atoms with E-state index in [0.29, 0.717) is 0 Å². The normalized spacial score (nSPS) is 14.5. The summed E-state index contributed by atoms with van der Waals surface area (Å²) in [7, 11) is 0. The van der Waals surface area contributed by atoms with Gasteiger partial charge in [-0.2, -0.15) is 0 Å². The molecular formula is C9H15N. The van der Waals surface area contributed by atoms with Crippen molar-refractivity contribution in [3.8, 4) is 0 Å². The van der Waals surface area contributed by atoms with Crippen molar-refractivity contribution in [2.45, 2.75) is 20.8 Å². The Labute approximate surface area is 62.9 Å². The van der Waals surface area contributed by atoms with Crippen LogP contribution < -0.4 is 5.73 Å². The molecule has 10 heavy (non-hydrogen) atoms. The van der Waals surface area contributed by atoms with Gasteiger partial charge in [-0.3, -0.25) is 0 Å². The van der Waals surface area contributed by atoms with Crippen molar-refractivity contribution >= 4 is 0 Å². The maximum absolute atomic E-state index is 5.61. The summed E-state index contributed by atoms with van der Waals surface area (Å²) in [5.41, 5.74) is 8.69. The summed E-state index contributed by atoms with van der Waals surface area (Å²) < 4.78 is 0. The van der Waals surface area contributed by atoms with Crippen LogP contribution in [0.4, 0.5) is 0 Å². The molecule has 0 bridgehead atoms. The van der Waals surface area contributed by atoms with Gasteiger partial charge < -0.3 is 5.73 Å². The highest BCUT2D eigenvalue weighted by atomic mass is 14.6. The molecule has 1 heteroatoms. The van der Waals surface area contributed by atoms with Gasteiger partial charge in [-0.1, -0.05) is 18.2 Å². The Morgan fingerprint density at radius 2 is 1.90 bits per heavy atom. The Bertz CT molecular complexity index is 185. The van der Waals surface area contributed by atoms with Crippen molar-refractivity contribution in [3.63, 3.8) is 0 Å². The van der Waals surface area contributed by atoms with E-state index in [1.54, 1.807) is 6.08 Å². The monoisotopic (exact) mass is 137 g/mol. The highest BCUT2D eigenvalue weighted by Crippen LogP contribution is 2.10. The van der Waals surface area contributed by atoms with Gasteiger partial charge in [0, 0.05) is 5.70 Å². The first-order valence-electron chi connectivity index (χ1n) is 3.35. The second kappa shape index (κ2) is 3.94. The second-order valence-corrected chi connectivity index (χ2v) is 2.26. The van der Waals surface area contributed by atoms with Crippen LogP contribution >= 0.6 is 0 Å². The topological polar surface area (TPSA) is 26.0 Å². The first-order chi connectivity index (χ1) is 4.63.